The molecule has 4 nitrogen and oxygen atoms in total. The molecule has 0 bridgehead atoms. The van der Waals surface area contributed by atoms with Gasteiger partial charge in [0.2, 0.25) is 0 Å². The Balaban J connectivity index is 2.12. The highest BCUT2D eigenvalue weighted by Crippen LogP contribution is 2.38. The first-order valence-corrected chi connectivity index (χ1v) is 5.09. The van der Waals surface area contributed by atoms with E-state index in [4.69, 9.17) is 5.73 Å². The Labute approximate surface area is 87.8 Å². The number of anilines is 1. The van der Waals surface area contributed by atoms with Gasteiger partial charge in [-0.1, -0.05) is 0 Å². The van der Waals surface area contributed by atoms with Crippen molar-refractivity contribution < 1.29 is 0 Å². The van der Waals surface area contributed by atoms with E-state index in [1.54, 1.807) is 6.20 Å². The van der Waals surface area contributed by atoms with Crippen LogP contribution in [-0.2, 0) is 0 Å². The van der Waals surface area contributed by atoms with Crippen molar-refractivity contribution in [3.8, 4) is 11.3 Å². The van der Waals surface area contributed by atoms with Crippen molar-refractivity contribution in [3.05, 3.63) is 30.9 Å². The number of aromatic nitrogens is 3. The number of rotatable bonds is 2. The average molecular weight is 200 g/mol. The fourth-order valence-corrected chi connectivity index (χ4v) is 1.79. The van der Waals surface area contributed by atoms with Gasteiger partial charge in [-0.25, -0.2) is 9.97 Å². The Morgan fingerprint density at radius 2 is 2.27 bits per heavy atom. The van der Waals surface area contributed by atoms with Crippen LogP contribution in [0.5, 0.6) is 0 Å². The lowest BCUT2D eigenvalue weighted by molar-refractivity contribution is 0.748. The molecule has 0 aromatic carbocycles. The highest BCUT2D eigenvalue weighted by molar-refractivity contribution is 5.70. The molecule has 1 saturated carbocycles. The van der Waals surface area contributed by atoms with Gasteiger partial charge in [0.05, 0.1) is 18.2 Å². The predicted molar refractivity (Wildman–Crippen MR) is 58.1 cm³/mol. The molecule has 3 rings (SSSR count). The van der Waals surface area contributed by atoms with Crippen LogP contribution in [-0.4, -0.2) is 14.5 Å². The SMILES string of the molecule is Nc1ncccc1-c1cncn1C1CC1. The fourth-order valence-electron chi connectivity index (χ4n) is 1.79. The smallest absolute Gasteiger partial charge is 0.132 e. The summed E-state index contributed by atoms with van der Waals surface area (Å²) in [6.07, 6.45) is 7.91. The molecule has 2 aromatic heterocycles. The van der Waals surface area contributed by atoms with Crippen LogP contribution in [0.4, 0.5) is 5.82 Å². The molecule has 0 aliphatic heterocycles. The Morgan fingerprint density at radius 1 is 1.40 bits per heavy atom. The van der Waals surface area contributed by atoms with Gasteiger partial charge < -0.3 is 10.3 Å². The van der Waals surface area contributed by atoms with Crippen LogP contribution >= 0.6 is 0 Å². The number of imidazole rings is 1. The molecule has 15 heavy (non-hydrogen) atoms. The van der Waals surface area contributed by atoms with Crippen molar-refractivity contribution in [1.29, 1.82) is 0 Å². The second kappa shape index (κ2) is 3.08. The van der Waals surface area contributed by atoms with Crippen LogP contribution < -0.4 is 5.73 Å². The third-order valence-corrected chi connectivity index (χ3v) is 2.72. The standard InChI is InChI=1S/C11H12N4/c12-11-9(2-1-5-14-11)10-6-13-7-15(10)8-3-4-8/h1-2,5-8H,3-4H2,(H2,12,14). The molecule has 0 spiro atoms. The van der Waals surface area contributed by atoms with E-state index in [2.05, 4.69) is 14.5 Å². The monoisotopic (exact) mass is 200 g/mol. The van der Waals surface area contributed by atoms with Crippen LogP contribution in [0.1, 0.15) is 18.9 Å². The van der Waals surface area contributed by atoms with E-state index in [0.29, 0.717) is 11.9 Å². The van der Waals surface area contributed by atoms with Gasteiger partial charge in [0, 0.05) is 17.8 Å². The van der Waals surface area contributed by atoms with E-state index in [-0.39, 0.29) is 0 Å². The molecule has 0 saturated heterocycles. The Morgan fingerprint density at radius 3 is 3.00 bits per heavy atom. The molecule has 2 aromatic rings. The molecule has 0 atom stereocenters. The van der Waals surface area contributed by atoms with Crippen molar-refractivity contribution in [2.45, 2.75) is 18.9 Å². The van der Waals surface area contributed by atoms with Crippen molar-refractivity contribution in [2.24, 2.45) is 0 Å². The zero-order valence-electron chi connectivity index (χ0n) is 8.30. The van der Waals surface area contributed by atoms with E-state index >= 15 is 0 Å². The van der Waals surface area contributed by atoms with Gasteiger partial charge in [0.15, 0.2) is 0 Å². The Bertz CT molecular complexity index is 485. The summed E-state index contributed by atoms with van der Waals surface area (Å²) in [4.78, 5) is 8.27. The molecule has 4 heteroatoms. The van der Waals surface area contributed by atoms with Crippen LogP contribution in [0, 0.1) is 0 Å². The average Bonchev–Trinajstić information content (AvgIpc) is 2.98. The fraction of sp³-hybridized carbons (Fsp3) is 0.273. The summed E-state index contributed by atoms with van der Waals surface area (Å²) in [7, 11) is 0. The molecular weight excluding hydrogens is 188 g/mol. The van der Waals surface area contributed by atoms with Crippen LogP contribution in [0.15, 0.2) is 30.9 Å². The summed E-state index contributed by atoms with van der Waals surface area (Å²) in [5.74, 6) is 0.569. The molecule has 2 heterocycles. The first kappa shape index (κ1) is 8.47. The lowest BCUT2D eigenvalue weighted by Gasteiger charge is -2.07. The maximum atomic E-state index is 5.85. The van der Waals surface area contributed by atoms with Gasteiger partial charge in [-0.2, -0.15) is 0 Å². The van der Waals surface area contributed by atoms with Gasteiger partial charge >= 0.3 is 0 Å². The highest BCUT2D eigenvalue weighted by atomic mass is 15.1. The molecule has 1 aliphatic rings. The molecule has 1 aliphatic carbocycles. The second-order valence-corrected chi connectivity index (χ2v) is 3.85. The van der Waals surface area contributed by atoms with Gasteiger partial charge in [-0.05, 0) is 25.0 Å². The number of nitrogens with two attached hydrogens (primary N) is 1. The number of hydrogen-bond donors (Lipinski definition) is 1. The molecule has 0 unspecified atom stereocenters. The summed E-state index contributed by atoms with van der Waals surface area (Å²) in [5.41, 5.74) is 7.90. The quantitative estimate of drug-likeness (QED) is 0.805. The second-order valence-electron chi connectivity index (χ2n) is 3.85. The van der Waals surface area contributed by atoms with Crippen LogP contribution in [0.3, 0.4) is 0 Å². The van der Waals surface area contributed by atoms with Gasteiger partial charge in [0.1, 0.15) is 5.82 Å². The first-order chi connectivity index (χ1) is 7.36. The summed E-state index contributed by atoms with van der Waals surface area (Å²) in [5, 5.41) is 0. The predicted octanol–water partition coefficient (Wildman–Crippen LogP) is 1.86. The molecule has 2 N–H and O–H groups in total. The first-order valence-electron chi connectivity index (χ1n) is 5.09. The lowest BCUT2D eigenvalue weighted by Crippen LogP contribution is -1.99. The van der Waals surface area contributed by atoms with E-state index in [0.717, 1.165) is 11.3 Å². The van der Waals surface area contributed by atoms with Crippen molar-refractivity contribution in [1.82, 2.24) is 14.5 Å². The van der Waals surface area contributed by atoms with Gasteiger partial charge in [-0.15, -0.1) is 0 Å². The summed E-state index contributed by atoms with van der Waals surface area (Å²) in [6.45, 7) is 0. The minimum absolute atomic E-state index is 0.569. The number of pyridine rings is 1. The van der Waals surface area contributed by atoms with Gasteiger partial charge in [-0.3, -0.25) is 0 Å². The zero-order chi connectivity index (χ0) is 10.3. The number of hydrogen-bond acceptors (Lipinski definition) is 3. The van der Waals surface area contributed by atoms with Crippen molar-refractivity contribution in [3.63, 3.8) is 0 Å². The number of nitrogen functional groups attached to an aromatic ring is 1. The molecule has 0 radical (unpaired) electrons. The minimum atomic E-state index is 0.569. The maximum absolute atomic E-state index is 5.85. The largest absolute Gasteiger partial charge is 0.383 e. The third kappa shape index (κ3) is 1.38. The molecule has 76 valence electrons. The maximum Gasteiger partial charge on any atom is 0.132 e. The lowest BCUT2D eigenvalue weighted by atomic mass is 10.2. The van der Waals surface area contributed by atoms with Gasteiger partial charge in [0.25, 0.3) is 0 Å². The van der Waals surface area contributed by atoms with Crippen molar-refractivity contribution >= 4 is 5.82 Å². The highest BCUT2D eigenvalue weighted by Gasteiger charge is 2.26. The minimum Gasteiger partial charge on any atom is -0.383 e. The Kier molecular flexibility index (Phi) is 1.74. The third-order valence-electron chi connectivity index (χ3n) is 2.72. The summed E-state index contributed by atoms with van der Waals surface area (Å²) >= 11 is 0. The van der Waals surface area contributed by atoms with E-state index in [9.17, 15) is 0 Å². The summed E-state index contributed by atoms with van der Waals surface area (Å²) in [6, 6.07) is 4.50. The molecular formula is C11H12N4. The van der Waals surface area contributed by atoms with E-state index in [1.165, 1.54) is 12.8 Å². The summed E-state index contributed by atoms with van der Waals surface area (Å²) < 4.78 is 2.19. The number of nitrogens with zero attached hydrogens (tertiary/aromatic N) is 3. The van der Waals surface area contributed by atoms with E-state index < -0.39 is 0 Å². The normalized spacial score (nSPS) is 15.5. The molecule has 1 fully saturated rings. The zero-order valence-corrected chi connectivity index (χ0v) is 8.30. The van der Waals surface area contributed by atoms with Crippen molar-refractivity contribution in [2.75, 3.05) is 5.73 Å². The van der Waals surface area contributed by atoms with E-state index in [1.807, 2.05) is 24.7 Å². The topological polar surface area (TPSA) is 56.7 Å². The molecule has 0 amide bonds. The van der Waals surface area contributed by atoms with Crippen LogP contribution in [0.25, 0.3) is 11.3 Å². The Hall–Kier alpha value is -1.84. The van der Waals surface area contributed by atoms with Crippen LogP contribution in [0.2, 0.25) is 0 Å².